The van der Waals surface area contributed by atoms with E-state index in [4.69, 9.17) is 32.4 Å². The molecule has 0 unspecified atom stereocenters. The van der Waals surface area contributed by atoms with E-state index in [1.807, 2.05) is 30.3 Å². The van der Waals surface area contributed by atoms with Gasteiger partial charge in [0.2, 0.25) is 5.89 Å². The Morgan fingerprint density at radius 1 is 1.21 bits per heavy atom. The molecule has 0 saturated carbocycles. The molecule has 33 heavy (non-hydrogen) atoms. The molecule has 0 bridgehead atoms. The number of benzene rings is 2. The molecular formula is C25H27Cl2N3O3. The quantitative estimate of drug-likeness (QED) is 0.422. The first-order valence-electron chi connectivity index (χ1n) is 11.1. The van der Waals surface area contributed by atoms with Gasteiger partial charge in [0.25, 0.3) is 5.91 Å². The summed E-state index contributed by atoms with van der Waals surface area (Å²) in [6.45, 7) is 4.33. The molecule has 2 atom stereocenters. The van der Waals surface area contributed by atoms with Crippen LogP contribution in [0.3, 0.4) is 0 Å². The third-order valence-electron chi connectivity index (χ3n) is 5.86. The van der Waals surface area contributed by atoms with Gasteiger partial charge in [-0.25, -0.2) is 4.98 Å². The Labute approximate surface area is 203 Å². The maximum atomic E-state index is 12.5. The normalized spacial score (nSPS) is 16.8. The first kappa shape index (κ1) is 23.8. The van der Waals surface area contributed by atoms with Crippen molar-refractivity contribution in [3.05, 3.63) is 87.6 Å². The Balaban J connectivity index is 1.48. The lowest BCUT2D eigenvalue weighted by Gasteiger charge is -2.28. The molecule has 1 fully saturated rings. The molecule has 0 spiro atoms. The van der Waals surface area contributed by atoms with E-state index in [0.29, 0.717) is 35.6 Å². The number of hydrogen-bond acceptors (Lipinski definition) is 5. The van der Waals surface area contributed by atoms with Gasteiger partial charge < -0.3 is 14.5 Å². The average Bonchev–Trinajstić information content (AvgIpc) is 3.51. The molecule has 0 radical (unpaired) electrons. The molecule has 2 aromatic carbocycles. The van der Waals surface area contributed by atoms with Crippen molar-refractivity contribution < 1.29 is 13.9 Å². The maximum Gasteiger partial charge on any atom is 0.273 e. The van der Waals surface area contributed by atoms with Crippen LogP contribution in [-0.4, -0.2) is 35.0 Å². The van der Waals surface area contributed by atoms with Crippen molar-refractivity contribution in [2.24, 2.45) is 0 Å². The molecule has 1 aromatic heterocycles. The largest absolute Gasteiger partial charge is 0.447 e. The molecule has 1 aliphatic heterocycles. The highest BCUT2D eigenvalue weighted by Crippen LogP contribution is 2.28. The van der Waals surface area contributed by atoms with E-state index in [9.17, 15) is 4.79 Å². The number of ether oxygens (including phenoxy) is 1. The van der Waals surface area contributed by atoms with Crippen LogP contribution in [0.1, 0.15) is 53.3 Å². The van der Waals surface area contributed by atoms with Gasteiger partial charge >= 0.3 is 0 Å². The first-order chi connectivity index (χ1) is 16.0. The van der Waals surface area contributed by atoms with E-state index in [-0.39, 0.29) is 23.7 Å². The van der Waals surface area contributed by atoms with Crippen LogP contribution in [-0.2, 0) is 17.8 Å². The average molecular weight is 488 g/mol. The second-order valence-corrected chi connectivity index (χ2v) is 9.04. The highest BCUT2D eigenvalue weighted by molar-refractivity contribution is 6.35. The fourth-order valence-electron chi connectivity index (χ4n) is 3.90. The molecule has 1 aliphatic rings. The molecule has 1 N–H and O–H groups in total. The van der Waals surface area contributed by atoms with E-state index in [1.54, 1.807) is 6.07 Å². The van der Waals surface area contributed by atoms with Crippen molar-refractivity contribution in [3.8, 4) is 0 Å². The summed E-state index contributed by atoms with van der Waals surface area (Å²) < 4.78 is 11.2. The van der Waals surface area contributed by atoms with E-state index >= 15 is 0 Å². The summed E-state index contributed by atoms with van der Waals surface area (Å²) >= 11 is 12.5. The van der Waals surface area contributed by atoms with Gasteiger partial charge in [-0.1, -0.05) is 59.6 Å². The van der Waals surface area contributed by atoms with Crippen LogP contribution in [0.4, 0.5) is 0 Å². The van der Waals surface area contributed by atoms with Crippen molar-refractivity contribution in [1.82, 2.24) is 15.2 Å². The Kier molecular flexibility index (Phi) is 8.04. The fraction of sp³-hybridized carbons (Fsp3) is 0.360. The third kappa shape index (κ3) is 6.36. The predicted molar refractivity (Wildman–Crippen MR) is 128 cm³/mol. The van der Waals surface area contributed by atoms with Crippen LogP contribution in [0.2, 0.25) is 10.0 Å². The van der Waals surface area contributed by atoms with Crippen LogP contribution in [0, 0.1) is 0 Å². The van der Waals surface area contributed by atoms with Crippen LogP contribution >= 0.6 is 23.2 Å². The van der Waals surface area contributed by atoms with Gasteiger partial charge in [0, 0.05) is 35.8 Å². The standard InChI is InChI=1S/C25H27Cl2N3O3/c1-17(18-6-3-2-4-7-18)30(14-19-9-10-20(26)12-22(19)27)15-24-29-23(16-33-24)25(31)28-13-21-8-5-11-32-21/h2-4,6-7,9-10,12,16-17,21H,5,8,11,13-15H2,1H3,(H,28,31)/t17-,21-/m0/s1. The zero-order valence-corrected chi connectivity index (χ0v) is 20.0. The summed E-state index contributed by atoms with van der Waals surface area (Å²) in [6.07, 6.45) is 3.47. The third-order valence-corrected chi connectivity index (χ3v) is 6.44. The van der Waals surface area contributed by atoms with Crippen molar-refractivity contribution in [2.75, 3.05) is 13.2 Å². The lowest BCUT2D eigenvalue weighted by molar-refractivity contribution is 0.0853. The minimum atomic E-state index is -0.260. The summed E-state index contributed by atoms with van der Waals surface area (Å²) in [5, 5.41) is 4.08. The smallest absolute Gasteiger partial charge is 0.273 e. The SMILES string of the molecule is C[C@@H](c1ccccc1)N(Cc1nc(C(=O)NC[C@@H]2CCCO2)co1)Cc1ccc(Cl)cc1Cl. The Hall–Kier alpha value is -2.38. The van der Waals surface area contributed by atoms with Crippen molar-refractivity contribution in [3.63, 3.8) is 0 Å². The molecule has 8 heteroatoms. The number of oxazole rings is 1. The molecular weight excluding hydrogens is 461 g/mol. The molecule has 6 nitrogen and oxygen atoms in total. The fourth-order valence-corrected chi connectivity index (χ4v) is 4.37. The molecule has 0 aliphatic carbocycles. The highest BCUT2D eigenvalue weighted by Gasteiger charge is 2.22. The number of carbonyl (C=O) groups excluding carboxylic acids is 1. The summed E-state index contributed by atoms with van der Waals surface area (Å²) in [6, 6.07) is 15.7. The number of hydrogen-bond donors (Lipinski definition) is 1. The van der Waals surface area contributed by atoms with Crippen LogP contribution in [0.25, 0.3) is 0 Å². The van der Waals surface area contributed by atoms with E-state index in [1.165, 1.54) is 6.26 Å². The van der Waals surface area contributed by atoms with Gasteiger partial charge in [0.05, 0.1) is 12.6 Å². The molecule has 1 saturated heterocycles. The summed E-state index contributed by atoms with van der Waals surface area (Å²) in [5.74, 6) is 0.203. The summed E-state index contributed by atoms with van der Waals surface area (Å²) in [7, 11) is 0. The van der Waals surface area contributed by atoms with Gasteiger partial charge in [-0.05, 0) is 43.0 Å². The minimum absolute atomic E-state index is 0.0571. The minimum Gasteiger partial charge on any atom is -0.447 e. The summed E-state index contributed by atoms with van der Waals surface area (Å²) in [5.41, 5.74) is 2.37. The zero-order chi connectivity index (χ0) is 23.2. The zero-order valence-electron chi connectivity index (χ0n) is 18.5. The number of halogens is 2. The van der Waals surface area contributed by atoms with Crippen molar-refractivity contribution in [1.29, 1.82) is 0 Å². The van der Waals surface area contributed by atoms with E-state index in [2.05, 4.69) is 34.3 Å². The molecule has 4 rings (SSSR count). The molecule has 3 aromatic rings. The van der Waals surface area contributed by atoms with Gasteiger partial charge in [-0.2, -0.15) is 0 Å². The Morgan fingerprint density at radius 3 is 2.76 bits per heavy atom. The van der Waals surface area contributed by atoms with Gasteiger partial charge in [0.15, 0.2) is 5.69 Å². The Morgan fingerprint density at radius 2 is 2.03 bits per heavy atom. The lowest BCUT2D eigenvalue weighted by Crippen LogP contribution is -2.32. The summed E-state index contributed by atoms with van der Waals surface area (Å²) in [4.78, 5) is 19.1. The lowest BCUT2D eigenvalue weighted by atomic mass is 10.1. The topological polar surface area (TPSA) is 67.6 Å². The second-order valence-electron chi connectivity index (χ2n) is 8.20. The number of amides is 1. The van der Waals surface area contributed by atoms with E-state index < -0.39 is 0 Å². The second kappa shape index (κ2) is 11.2. The monoisotopic (exact) mass is 487 g/mol. The van der Waals surface area contributed by atoms with Crippen LogP contribution in [0.15, 0.2) is 59.2 Å². The number of rotatable bonds is 9. The predicted octanol–water partition coefficient (Wildman–Crippen LogP) is 5.65. The van der Waals surface area contributed by atoms with Gasteiger partial charge in [-0.3, -0.25) is 9.69 Å². The number of nitrogens with zero attached hydrogens (tertiary/aromatic N) is 2. The number of nitrogens with one attached hydrogen (secondary N) is 1. The van der Waals surface area contributed by atoms with Gasteiger partial charge in [-0.15, -0.1) is 0 Å². The number of aromatic nitrogens is 1. The van der Waals surface area contributed by atoms with Gasteiger partial charge in [0.1, 0.15) is 6.26 Å². The number of carbonyl (C=O) groups is 1. The van der Waals surface area contributed by atoms with E-state index in [0.717, 1.165) is 30.6 Å². The first-order valence-corrected chi connectivity index (χ1v) is 11.8. The Bertz CT molecular complexity index is 1070. The van der Waals surface area contributed by atoms with Crippen LogP contribution in [0.5, 0.6) is 0 Å². The van der Waals surface area contributed by atoms with Crippen molar-refractivity contribution in [2.45, 2.75) is 45.0 Å². The molecule has 1 amide bonds. The van der Waals surface area contributed by atoms with Crippen molar-refractivity contribution >= 4 is 29.1 Å². The van der Waals surface area contributed by atoms with Crippen LogP contribution < -0.4 is 5.32 Å². The maximum absolute atomic E-state index is 12.5. The molecule has 2 heterocycles. The molecule has 174 valence electrons. The highest BCUT2D eigenvalue weighted by atomic mass is 35.5.